The Morgan fingerprint density at radius 2 is 1.13 bits per heavy atom. The SMILES string of the molecule is CCCCCCC/C=C/CC/C=C/C(O)C(COC1OC(CO)C(O)C(O)C1O)NC(=O)C(O)CCCCCCCC/C=C\CCCCCCCC. The summed E-state index contributed by atoms with van der Waals surface area (Å²) in [5.41, 5.74) is 0. The second-order valence-electron chi connectivity index (χ2n) is 14.6. The highest BCUT2D eigenvalue weighted by Crippen LogP contribution is 2.22. The van der Waals surface area contributed by atoms with Crippen LogP contribution in [0.4, 0.5) is 0 Å². The van der Waals surface area contributed by atoms with E-state index in [1.807, 2.05) is 6.08 Å². The summed E-state index contributed by atoms with van der Waals surface area (Å²) in [6, 6.07) is -0.996. The molecule has 10 nitrogen and oxygen atoms in total. The predicted octanol–water partition coefficient (Wildman–Crippen LogP) is 6.69. The van der Waals surface area contributed by atoms with Crippen LogP contribution in [0.15, 0.2) is 36.5 Å². The van der Waals surface area contributed by atoms with Crippen LogP contribution in [0.2, 0.25) is 0 Å². The molecule has 1 aliphatic heterocycles. The normalized spacial score (nSPS) is 22.8. The highest BCUT2D eigenvalue weighted by atomic mass is 16.7. The molecule has 0 aromatic carbocycles. The second-order valence-corrected chi connectivity index (χ2v) is 14.6. The van der Waals surface area contributed by atoms with Gasteiger partial charge in [0.2, 0.25) is 5.91 Å². The number of unbranched alkanes of at least 4 members (excludes halogenated alkanes) is 18. The molecule has 0 aromatic heterocycles. The van der Waals surface area contributed by atoms with Crippen LogP contribution in [0.25, 0.3) is 0 Å². The van der Waals surface area contributed by atoms with Crippen LogP contribution >= 0.6 is 0 Å². The standard InChI is InChI=1S/C42H77NO9/c1-3-5-7-9-11-13-15-16-17-18-19-21-23-25-27-29-31-36(46)41(50)43-34(33-51-42-40(49)39(48)38(47)37(32-44)52-42)35(45)30-28-26-24-22-20-14-12-10-8-6-4-2/h16-17,20,22,28,30,34-40,42,44-49H,3-15,18-19,21,23-27,29,31-33H2,1-2H3,(H,43,50)/b17-16-,22-20+,30-28+. The minimum absolute atomic E-state index is 0.296. The molecule has 0 radical (unpaired) electrons. The van der Waals surface area contributed by atoms with Gasteiger partial charge in [-0.1, -0.05) is 140 Å². The minimum atomic E-state index is -1.61. The molecule has 0 aromatic rings. The summed E-state index contributed by atoms with van der Waals surface area (Å²) in [5.74, 6) is -0.635. The van der Waals surface area contributed by atoms with E-state index in [1.165, 1.54) is 89.9 Å². The number of amides is 1. The Kier molecular flexibility index (Phi) is 30.5. The van der Waals surface area contributed by atoms with Crippen LogP contribution < -0.4 is 5.32 Å². The Hall–Kier alpha value is -1.63. The molecular weight excluding hydrogens is 662 g/mol. The summed E-state index contributed by atoms with van der Waals surface area (Å²) >= 11 is 0. The molecule has 1 heterocycles. The number of ether oxygens (including phenoxy) is 2. The van der Waals surface area contributed by atoms with Gasteiger partial charge in [0.05, 0.1) is 25.4 Å². The van der Waals surface area contributed by atoms with Gasteiger partial charge < -0.3 is 45.4 Å². The summed E-state index contributed by atoms with van der Waals surface area (Å²) < 4.78 is 11.1. The summed E-state index contributed by atoms with van der Waals surface area (Å²) in [5, 5.41) is 64.3. The summed E-state index contributed by atoms with van der Waals surface area (Å²) in [7, 11) is 0. The maximum absolute atomic E-state index is 13.0. The maximum Gasteiger partial charge on any atom is 0.249 e. The number of nitrogens with one attached hydrogen (secondary N) is 1. The lowest BCUT2D eigenvalue weighted by Gasteiger charge is -2.40. The van der Waals surface area contributed by atoms with Gasteiger partial charge in [-0.2, -0.15) is 0 Å². The molecule has 8 unspecified atom stereocenters. The van der Waals surface area contributed by atoms with E-state index in [4.69, 9.17) is 9.47 Å². The number of allylic oxidation sites excluding steroid dienone is 5. The zero-order chi connectivity index (χ0) is 38.2. The first-order chi connectivity index (χ1) is 25.3. The van der Waals surface area contributed by atoms with Gasteiger partial charge in [0.25, 0.3) is 0 Å². The highest BCUT2D eigenvalue weighted by Gasteiger charge is 2.44. The first kappa shape index (κ1) is 48.4. The molecule has 10 heteroatoms. The second kappa shape index (κ2) is 32.8. The Balaban J connectivity index is 2.48. The molecule has 1 fully saturated rings. The van der Waals surface area contributed by atoms with Gasteiger partial charge in [-0.25, -0.2) is 0 Å². The van der Waals surface area contributed by atoms with Gasteiger partial charge in [0, 0.05) is 0 Å². The number of carbonyl (C=O) groups is 1. The molecule has 0 aliphatic carbocycles. The van der Waals surface area contributed by atoms with Crippen molar-refractivity contribution in [2.75, 3.05) is 13.2 Å². The average molecular weight is 740 g/mol. The van der Waals surface area contributed by atoms with Crippen molar-refractivity contribution in [1.82, 2.24) is 5.32 Å². The minimum Gasteiger partial charge on any atom is -0.394 e. The van der Waals surface area contributed by atoms with E-state index in [-0.39, 0.29) is 6.61 Å². The lowest BCUT2D eigenvalue weighted by atomic mass is 9.99. The van der Waals surface area contributed by atoms with Crippen molar-refractivity contribution < 1.29 is 44.9 Å². The molecule has 8 atom stereocenters. The third kappa shape index (κ3) is 23.2. The van der Waals surface area contributed by atoms with Crippen molar-refractivity contribution in [2.45, 2.75) is 210 Å². The number of aliphatic hydroxyl groups excluding tert-OH is 6. The van der Waals surface area contributed by atoms with Crippen molar-refractivity contribution in [3.63, 3.8) is 0 Å². The molecule has 0 bridgehead atoms. The number of hydrogen-bond acceptors (Lipinski definition) is 9. The average Bonchev–Trinajstić information content (AvgIpc) is 3.14. The Bertz CT molecular complexity index is 927. The zero-order valence-electron chi connectivity index (χ0n) is 32.7. The summed E-state index contributed by atoms with van der Waals surface area (Å²) in [6.45, 7) is 3.53. The fourth-order valence-corrected chi connectivity index (χ4v) is 6.29. The van der Waals surface area contributed by atoms with E-state index in [9.17, 15) is 35.4 Å². The first-order valence-corrected chi connectivity index (χ1v) is 20.8. The summed E-state index contributed by atoms with van der Waals surface area (Å²) in [4.78, 5) is 13.0. The van der Waals surface area contributed by atoms with Crippen molar-refractivity contribution in [3.8, 4) is 0 Å². The highest BCUT2D eigenvalue weighted by molar-refractivity contribution is 5.80. The smallest absolute Gasteiger partial charge is 0.249 e. The van der Waals surface area contributed by atoms with Crippen LogP contribution in [-0.2, 0) is 14.3 Å². The predicted molar refractivity (Wildman–Crippen MR) is 209 cm³/mol. The topological polar surface area (TPSA) is 169 Å². The van der Waals surface area contributed by atoms with Gasteiger partial charge in [-0.15, -0.1) is 0 Å². The molecule has 1 aliphatic rings. The van der Waals surface area contributed by atoms with Crippen molar-refractivity contribution in [2.24, 2.45) is 0 Å². The fourth-order valence-electron chi connectivity index (χ4n) is 6.29. The van der Waals surface area contributed by atoms with Crippen LogP contribution in [0.5, 0.6) is 0 Å². The first-order valence-electron chi connectivity index (χ1n) is 20.8. The monoisotopic (exact) mass is 740 g/mol. The summed E-state index contributed by atoms with van der Waals surface area (Å²) in [6.07, 6.45) is 28.1. The number of carbonyl (C=O) groups excluding carboxylic acids is 1. The lowest BCUT2D eigenvalue weighted by Crippen LogP contribution is -2.60. The Labute approximate surface area is 315 Å². The van der Waals surface area contributed by atoms with E-state index in [1.54, 1.807) is 6.08 Å². The molecule has 0 saturated carbocycles. The van der Waals surface area contributed by atoms with E-state index in [2.05, 4.69) is 43.5 Å². The molecule has 1 amide bonds. The Morgan fingerprint density at radius 3 is 1.67 bits per heavy atom. The van der Waals surface area contributed by atoms with Crippen LogP contribution in [0.3, 0.4) is 0 Å². The van der Waals surface area contributed by atoms with Crippen LogP contribution in [-0.4, -0.2) is 98.7 Å². The van der Waals surface area contributed by atoms with Crippen LogP contribution in [0, 0.1) is 0 Å². The molecule has 1 rings (SSSR count). The molecule has 304 valence electrons. The van der Waals surface area contributed by atoms with Crippen molar-refractivity contribution in [1.29, 1.82) is 0 Å². The van der Waals surface area contributed by atoms with Gasteiger partial charge in [0.1, 0.15) is 30.5 Å². The number of aliphatic hydroxyl groups is 6. The zero-order valence-corrected chi connectivity index (χ0v) is 32.7. The number of hydrogen-bond donors (Lipinski definition) is 7. The molecule has 0 spiro atoms. The maximum atomic E-state index is 13.0. The van der Waals surface area contributed by atoms with E-state index < -0.39 is 61.5 Å². The van der Waals surface area contributed by atoms with Crippen molar-refractivity contribution in [3.05, 3.63) is 36.5 Å². The quantitative estimate of drug-likeness (QED) is 0.0287. The van der Waals surface area contributed by atoms with E-state index in [0.29, 0.717) is 19.3 Å². The molecule has 52 heavy (non-hydrogen) atoms. The number of rotatable bonds is 33. The van der Waals surface area contributed by atoms with Crippen LogP contribution in [0.1, 0.15) is 162 Å². The molecule has 1 saturated heterocycles. The van der Waals surface area contributed by atoms with E-state index in [0.717, 1.165) is 38.5 Å². The van der Waals surface area contributed by atoms with Crippen molar-refractivity contribution >= 4 is 5.91 Å². The van der Waals surface area contributed by atoms with E-state index >= 15 is 0 Å². The third-order valence-electron chi connectivity index (χ3n) is 9.79. The molecule has 7 N–H and O–H groups in total. The van der Waals surface area contributed by atoms with Gasteiger partial charge in [-0.05, 0) is 57.8 Å². The third-order valence-corrected chi connectivity index (χ3v) is 9.79. The van der Waals surface area contributed by atoms with Gasteiger partial charge >= 0.3 is 0 Å². The Morgan fingerprint density at radius 1 is 0.654 bits per heavy atom. The molecular formula is C42H77NO9. The lowest BCUT2D eigenvalue weighted by molar-refractivity contribution is -0.302. The fraction of sp³-hybridized carbons (Fsp3) is 0.833. The van der Waals surface area contributed by atoms with Gasteiger partial charge in [0.15, 0.2) is 6.29 Å². The largest absolute Gasteiger partial charge is 0.394 e. The van der Waals surface area contributed by atoms with Gasteiger partial charge in [-0.3, -0.25) is 4.79 Å².